The molecule has 1 saturated carbocycles. The third-order valence-corrected chi connectivity index (χ3v) is 9.77. The van der Waals surface area contributed by atoms with Crippen molar-refractivity contribution in [3.8, 4) is 0 Å². The van der Waals surface area contributed by atoms with Crippen LogP contribution in [0.2, 0.25) is 0 Å². The fourth-order valence-electron chi connectivity index (χ4n) is 7.69. The molecule has 4 heterocycles. The number of esters is 1. The smallest absolute Gasteiger partial charge is 0.309 e. The predicted octanol–water partition coefficient (Wildman–Crippen LogP) is 1.93. The summed E-state index contributed by atoms with van der Waals surface area (Å²) in [4.78, 5) is 13.4. The fourth-order valence-corrected chi connectivity index (χ4v) is 7.69. The molecule has 9 nitrogen and oxygen atoms in total. The van der Waals surface area contributed by atoms with Crippen molar-refractivity contribution in [3.05, 3.63) is 23.5 Å². The molecule has 0 aromatic heterocycles. The van der Waals surface area contributed by atoms with E-state index in [0.717, 1.165) is 18.4 Å². The normalized spacial score (nSPS) is 52.3. The van der Waals surface area contributed by atoms with Gasteiger partial charge in [-0.25, -0.2) is 0 Å². The Labute approximate surface area is 211 Å². The van der Waals surface area contributed by atoms with Crippen LogP contribution in [0.5, 0.6) is 0 Å². The second-order valence-corrected chi connectivity index (χ2v) is 11.9. The topological polar surface area (TPSA) is 124 Å². The molecule has 9 heteroatoms. The Morgan fingerprint density at radius 3 is 2.75 bits per heavy atom. The quantitative estimate of drug-likeness (QED) is 0.381. The highest BCUT2D eigenvalue weighted by molar-refractivity contribution is 5.74. The van der Waals surface area contributed by atoms with E-state index in [0.29, 0.717) is 25.9 Å². The Morgan fingerprint density at radius 1 is 1.17 bits per heavy atom. The summed E-state index contributed by atoms with van der Waals surface area (Å²) >= 11 is 0. The van der Waals surface area contributed by atoms with E-state index in [-0.39, 0.29) is 41.7 Å². The van der Waals surface area contributed by atoms with E-state index in [9.17, 15) is 20.1 Å². The summed E-state index contributed by atoms with van der Waals surface area (Å²) in [6.45, 7) is 6.11. The summed E-state index contributed by atoms with van der Waals surface area (Å²) in [5, 5.41) is 31.3. The predicted molar refractivity (Wildman–Crippen MR) is 125 cm³/mol. The lowest BCUT2D eigenvalue weighted by Gasteiger charge is -2.52. The van der Waals surface area contributed by atoms with Crippen molar-refractivity contribution < 1.29 is 43.8 Å². The average Bonchev–Trinajstić information content (AvgIpc) is 3.33. The maximum Gasteiger partial charge on any atom is 0.309 e. The van der Waals surface area contributed by atoms with Gasteiger partial charge in [-0.15, -0.1) is 0 Å². The number of aliphatic hydroxyl groups excluding tert-OH is 3. The lowest BCUT2D eigenvalue weighted by Crippen LogP contribution is -2.53. The lowest BCUT2D eigenvalue weighted by molar-refractivity contribution is -0.272. The monoisotopic (exact) mass is 506 g/mol. The number of ether oxygens (including phenoxy) is 5. The van der Waals surface area contributed by atoms with E-state index in [1.807, 2.05) is 6.92 Å². The summed E-state index contributed by atoms with van der Waals surface area (Å²) in [5.41, 5.74) is 1.97. The maximum absolute atomic E-state index is 13.4. The van der Waals surface area contributed by atoms with Crippen LogP contribution in [0.3, 0.4) is 0 Å². The van der Waals surface area contributed by atoms with Crippen LogP contribution >= 0.6 is 0 Å². The molecule has 3 saturated heterocycles. The minimum Gasteiger partial charge on any atom is -0.469 e. The molecule has 0 aromatic carbocycles. The van der Waals surface area contributed by atoms with Gasteiger partial charge in [-0.1, -0.05) is 18.6 Å². The molecule has 0 unspecified atom stereocenters. The first kappa shape index (κ1) is 24.8. The summed E-state index contributed by atoms with van der Waals surface area (Å²) in [6, 6.07) is 0. The zero-order valence-corrected chi connectivity index (χ0v) is 21.2. The fraction of sp³-hybridized carbons (Fsp3) is 0.815. The molecule has 0 aromatic rings. The first-order valence-electron chi connectivity index (χ1n) is 13.3. The van der Waals surface area contributed by atoms with E-state index in [1.165, 1.54) is 5.57 Å². The number of allylic oxidation sites excluding steroid dienone is 1. The summed E-state index contributed by atoms with van der Waals surface area (Å²) in [7, 11) is 0. The molecule has 0 amide bonds. The second-order valence-electron chi connectivity index (χ2n) is 11.9. The Kier molecular flexibility index (Phi) is 6.05. The number of hydrogen-bond acceptors (Lipinski definition) is 9. The standard InChI is InChI=1S/C27H38O9/c1-13-24(30)18(28)9-22(34-13)35-20-8-15-5-6-16-17(26(15,2)10-19(20)29)7-4-14-11-32-27(3)23(14)21(12-33-27)36-25(16)31/h5,11,13,16-24,28-30H,4,6-10,12H2,1-3H3/t13-,16-,17+,18+,19-,20-,21-,22+,23-,24-,26+,27+/m1/s1. The third-order valence-electron chi connectivity index (χ3n) is 9.77. The molecule has 200 valence electrons. The van der Waals surface area contributed by atoms with Gasteiger partial charge in [0, 0.05) is 13.3 Å². The van der Waals surface area contributed by atoms with Crippen LogP contribution < -0.4 is 0 Å². The molecule has 0 radical (unpaired) electrons. The maximum atomic E-state index is 13.4. The van der Waals surface area contributed by atoms with Gasteiger partial charge in [0.25, 0.3) is 0 Å². The van der Waals surface area contributed by atoms with Crippen molar-refractivity contribution >= 4 is 5.97 Å². The van der Waals surface area contributed by atoms with Crippen LogP contribution in [0.4, 0.5) is 0 Å². The van der Waals surface area contributed by atoms with Gasteiger partial charge in [0.05, 0.1) is 49.1 Å². The molecule has 2 aliphatic carbocycles. The number of rotatable bonds is 2. The summed E-state index contributed by atoms with van der Waals surface area (Å²) < 4.78 is 29.7. The molecule has 0 spiro atoms. The minimum atomic E-state index is -0.949. The molecule has 12 atom stereocenters. The first-order valence-corrected chi connectivity index (χ1v) is 13.3. The van der Waals surface area contributed by atoms with Gasteiger partial charge >= 0.3 is 5.97 Å². The van der Waals surface area contributed by atoms with Gasteiger partial charge < -0.3 is 39.0 Å². The molecule has 36 heavy (non-hydrogen) atoms. The van der Waals surface area contributed by atoms with Gasteiger partial charge in [-0.3, -0.25) is 4.79 Å². The number of hydrogen-bond donors (Lipinski definition) is 3. The highest BCUT2D eigenvalue weighted by atomic mass is 16.7. The molecule has 4 fully saturated rings. The van der Waals surface area contributed by atoms with Crippen LogP contribution in [-0.2, 0) is 28.5 Å². The van der Waals surface area contributed by atoms with Gasteiger partial charge in [0.2, 0.25) is 5.79 Å². The Hall–Kier alpha value is -1.49. The van der Waals surface area contributed by atoms with Crippen LogP contribution in [-0.4, -0.2) is 76.6 Å². The average molecular weight is 507 g/mol. The van der Waals surface area contributed by atoms with Crippen molar-refractivity contribution in [3.63, 3.8) is 0 Å². The van der Waals surface area contributed by atoms with E-state index >= 15 is 0 Å². The minimum absolute atomic E-state index is 0.0241. The van der Waals surface area contributed by atoms with Crippen LogP contribution in [0.1, 0.15) is 59.3 Å². The molecule has 3 N–H and O–H groups in total. The van der Waals surface area contributed by atoms with Crippen LogP contribution in [0.15, 0.2) is 23.5 Å². The van der Waals surface area contributed by atoms with Crippen LogP contribution in [0.25, 0.3) is 0 Å². The van der Waals surface area contributed by atoms with Gasteiger partial charge in [-0.05, 0) is 55.9 Å². The lowest BCUT2D eigenvalue weighted by atomic mass is 9.55. The largest absolute Gasteiger partial charge is 0.469 e. The highest BCUT2D eigenvalue weighted by Gasteiger charge is 2.58. The number of carbonyl (C=O) groups excluding carboxylic acids is 1. The van der Waals surface area contributed by atoms with E-state index in [2.05, 4.69) is 13.0 Å². The van der Waals surface area contributed by atoms with Gasteiger partial charge in [0.1, 0.15) is 12.2 Å². The van der Waals surface area contributed by atoms with E-state index in [1.54, 1.807) is 13.2 Å². The highest BCUT2D eigenvalue weighted by Crippen LogP contribution is 2.57. The van der Waals surface area contributed by atoms with Crippen molar-refractivity contribution in [1.29, 1.82) is 0 Å². The van der Waals surface area contributed by atoms with Gasteiger partial charge in [0.15, 0.2) is 6.29 Å². The van der Waals surface area contributed by atoms with Crippen molar-refractivity contribution in [2.75, 3.05) is 6.61 Å². The molecular weight excluding hydrogens is 468 g/mol. The zero-order chi connectivity index (χ0) is 25.4. The molecule has 4 aliphatic heterocycles. The third kappa shape index (κ3) is 3.85. The van der Waals surface area contributed by atoms with E-state index in [4.69, 9.17) is 23.7 Å². The number of carbonyl (C=O) groups is 1. The zero-order valence-electron chi connectivity index (χ0n) is 21.2. The number of fused-ring (bicyclic) bond motifs is 3. The summed E-state index contributed by atoms with van der Waals surface area (Å²) in [6.07, 6.45) is 2.61. The first-order chi connectivity index (χ1) is 17.1. The van der Waals surface area contributed by atoms with E-state index < -0.39 is 42.6 Å². The second kappa shape index (κ2) is 8.78. The number of aliphatic hydroxyl groups is 3. The van der Waals surface area contributed by atoms with Crippen molar-refractivity contribution in [2.24, 2.45) is 23.2 Å². The molecule has 0 bridgehead atoms. The van der Waals surface area contributed by atoms with Crippen molar-refractivity contribution in [1.82, 2.24) is 0 Å². The van der Waals surface area contributed by atoms with Crippen molar-refractivity contribution in [2.45, 2.75) is 108 Å². The van der Waals surface area contributed by atoms with Gasteiger partial charge in [-0.2, -0.15) is 0 Å². The SMILES string of the molecule is C[C@H]1O[C@@H](O[C@@H]2CC3=CC[C@H]4C(=O)O[C@@H]5CO[C@]6(C)OC=C(CC[C@@H]4[C@@]3(C)C[C@H]2O)[C@H]56)C[C@H](O)[C@@H]1O. The molecular formula is C27H38O9. The van der Waals surface area contributed by atoms with Crippen LogP contribution in [0, 0.1) is 23.2 Å². The summed E-state index contributed by atoms with van der Waals surface area (Å²) in [5.74, 6) is -1.28. The molecule has 6 rings (SSSR count). The molecule has 6 aliphatic rings. The Bertz CT molecular complexity index is 951. The Balaban J connectivity index is 1.21. The Morgan fingerprint density at radius 2 is 1.97 bits per heavy atom.